The highest BCUT2D eigenvalue weighted by Crippen LogP contribution is 2.23. The Morgan fingerprint density at radius 3 is 2.95 bits per heavy atom. The van der Waals surface area contributed by atoms with E-state index in [1.807, 2.05) is 22.9 Å². The molecule has 7 heteroatoms. The number of imidazole rings is 1. The first kappa shape index (κ1) is 15.8. The van der Waals surface area contributed by atoms with Gasteiger partial charge in [0, 0.05) is 37.6 Å². The molecule has 1 atom stereocenters. The van der Waals surface area contributed by atoms with Crippen LogP contribution in [0.5, 0.6) is 5.75 Å². The number of rotatable bonds is 7. The normalized spacial score (nSPS) is 11.7. The van der Waals surface area contributed by atoms with Gasteiger partial charge in [-0.2, -0.15) is 0 Å². The van der Waals surface area contributed by atoms with Crippen molar-refractivity contribution in [3.8, 4) is 5.75 Å². The van der Waals surface area contributed by atoms with Gasteiger partial charge in [0.15, 0.2) is 0 Å². The zero-order valence-corrected chi connectivity index (χ0v) is 12.4. The lowest BCUT2D eigenvalue weighted by molar-refractivity contribution is 0.169. The molecule has 1 aromatic heterocycles. The average Bonchev–Trinajstić information content (AvgIpc) is 3.06. The van der Waals surface area contributed by atoms with Crippen LogP contribution < -0.4 is 15.4 Å². The van der Waals surface area contributed by atoms with Crippen LogP contribution in [-0.4, -0.2) is 40.9 Å². The number of hydrogen-bond donors (Lipinski definition) is 3. The average molecular weight is 304 g/mol. The number of nitrogens with one attached hydrogen (secondary N) is 2. The quantitative estimate of drug-likeness (QED) is 0.710. The van der Waals surface area contributed by atoms with Crippen molar-refractivity contribution in [3.63, 3.8) is 0 Å². The molecule has 22 heavy (non-hydrogen) atoms. The summed E-state index contributed by atoms with van der Waals surface area (Å²) in [5.74, 6) is 0.595. The summed E-state index contributed by atoms with van der Waals surface area (Å²) in [5.41, 5.74) is 0.642. The molecule has 0 bridgehead atoms. The van der Waals surface area contributed by atoms with Gasteiger partial charge in [-0.3, -0.25) is 0 Å². The zero-order valence-electron chi connectivity index (χ0n) is 12.4. The molecule has 0 saturated heterocycles. The Kier molecular flexibility index (Phi) is 5.79. The molecule has 1 heterocycles. The van der Waals surface area contributed by atoms with Crippen LogP contribution in [0.25, 0.3) is 0 Å². The molecule has 2 aromatic rings. The van der Waals surface area contributed by atoms with Crippen LogP contribution in [0, 0.1) is 0 Å². The van der Waals surface area contributed by atoms with E-state index in [1.54, 1.807) is 31.8 Å². The topological polar surface area (TPSA) is 88.4 Å². The Balaban J connectivity index is 1.73. The number of ether oxygens (including phenoxy) is 1. The summed E-state index contributed by atoms with van der Waals surface area (Å²) in [5, 5.41) is 15.5. The molecule has 0 aliphatic heterocycles. The Hall–Kier alpha value is -2.54. The van der Waals surface area contributed by atoms with E-state index < -0.39 is 6.10 Å². The number of urea groups is 1. The zero-order chi connectivity index (χ0) is 15.8. The number of carbonyl (C=O) groups excluding carboxylic acids is 1. The van der Waals surface area contributed by atoms with Crippen LogP contribution in [0.1, 0.15) is 11.7 Å². The molecule has 2 amide bonds. The van der Waals surface area contributed by atoms with Crippen LogP contribution in [-0.2, 0) is 6.54 Å². The van der Waals surface area contributed by atoms with Crippen LogP contribution in [0.3, 0.4) is 0 Å². The van der Waals surface area contributed by atoms with E-state index in [0.29, 0.717) is 24.4 Å². The van der Waals surface area contributed by atoms with Crippen LogP contribution in [0.2, 0.25) is 0 Å². The number of benzene rings is 1. The smallest absolute Gasteiger partial charge is 0.314 e. The van der Waals surface area contributed by atoms with Crippen molar-refractivity contribution in [2.45, 2.75) is 12.6 Å². The maximum atomic E-state index is 11.7. The molecule has 0 aliphatic carbocycles. The standard InChI is InChI=1S/C15H20N4O3/c1-22-14-5-3-2-4-12(14)13(20)10-18-15(21)17-7-9-19-8-6-16-11-19/h2-6,8,11,13,20H,7,9-10H2,1H3,(H2,17,18,21)/t13-/m0/s1. The number of carbonyl (C=O) groups is 1. The minimum Gasteiger partial charge on any atom is -0.496 e. The van der Waals surface area contributed by atoms with Crippen molar-refractivity contribution in [1.29, 1.82) is 0 Å². The summed E-state index contributed by atoms with van der Waals surface area (Å²) in [7, 11) is 1.54. The predicted octanol–water partition coefficient (Wildman–Crippen LogP) is 0.924. The van der Waals surface area contributed by atoms with Crippen LogP contribution in [0.15, 0.2) is 43.0 Å². The highest BCUT2D eigenvalue weighted by molar-refractivity contribution is 5.73. The van der Waals surface area contributed by atoms with E-state index in [4.69, 9.17) is 4.74 Å². The van der Waals surface area contributed by atoms with Gasteiger partial charge >= 0.3 is 6.03 Å². The summed E-state index contributed by atoms with van der Waals surface area (Å²) in [6, 6.07) is 6.85. The molecule has 118 valence electrons. The summed E-state index contributed by atoms with van der Waals surface area (Å²) < 4.78 is 7.05. The van der Waals surface area contributed by atoms with E-state index >= 15 is 0 Å². The van der Waals surface area contributed by atoms with Gasteiger partial charge in [-0.25, -0.2) is 9.78 Å². The number of aliphatic hydroxyl groups excluding tert-OH is 1. The van der Waals surface area contributed by atoms with Gasteiger partial charge < -0.3 is 25.0 Å². The van der Waals surface area contributed by atoms with Crippen molar-refractivity contribution < 1.29 is 14.6 Å². The number of methoxy groups -OCH3 is 1. The fraction of sp³-hybridized carbons (Fsp3) is 0.333. The van der Waals surface area contributed by atoms with Crippen molar-refractivity contribution in [1.82, 2.24) is 20.2 Å². The van der Waals surface area contributed by atoms with Crippen molar-refractivity contribution >= 4 is 6.03 Å². The molecule has 0 spiro atoms. The second kappa shape index (κ2) is 8.04. The summed E-state index contributed by atoms with van der Waals surface area (Å²) in [6.07, 6.45) is 4.37. The molecular weight excluding hydrogens is 284 g/mol. The Labute approximate surface area is 128 Å². The second-order valence-corrected chi connectivity index (χ2v) is 4.70. The Morgan fingerprint density at radius 2 is 2.23 bits per heavy atom. The third kappa shape index (κ3) is 4.49. The van der Waals surface area contributed by atoms with E-state index in [-0.39, 0.29) is 12.6 Å². The fourth-order valence-corrected chi connectivity index (χ4v) is 2.02. The molecule has 0 aliphatic rings. The molecule has 0 fully saturated rings. The van der Waals surface area contributed by atoms with Gasteiger partial charge in [0.05, 0.1) is 19.5 Å². The minimum absolute atomic E-state index is 0.108. The highest BCUT2D eigenvalue weighted by atomic mass is 16.5. The fourth-order valence-electron chi connectivity index (χ4n) is 2.02. The number of hydrogen-bond acceptors (Lipinski definition) is 4. The third-order valence-corrected chi connectivity index (χ3v) is 3.17. The first-order valence-electron chi connectivity index (χ1n) is 6.99. The van der Waals surface area contributed by atoms with Crippen LogP contribution in [0.4, 0.5) is 4.79 Å². The van der Waals surface area contributed by atoms with Gasteiger partial charge in [-0.1, -0.05) is 18.2 Å². The van der Waals surface area contributed by atoms with Gasteiger partial charge in [0.1, 0.15) is 5.75 Å². The summed E-state index contributed by atoms with van der Waals surface area (Å²) in [4.78, 5) is 15.6. The summed E-state index contributed by atoms with van der Waals surface area (Å²) in [6.45, 7) is 1.23. The predicted molar refractivity (Wildman–Crippen MR) is 81.6 cm³/mol. The summed E-state index contributed by atoms with van der Waals surface area (Å²) >= 11 is 0. The number of nitrogens with zero attached hydrogens (tertiary/aromatic N) is 2. The molecule has 1 aromatic carbocycles. The molecular formula is C15H20N4O3. The van der Waals surface area contributed by atoms with Gasteiger partial charge in [-0.05, 0) is 6.07 Å². The van der Waals surface area contributed by atoms with Gasteiger partial charge in [0.2, 0.25) is 0 Å². The Morgan fingerprint density at radius 1 is 1.41 bits per heavy atom. The van der Waals surface area contributed by atoms with Gasteiger partial charge in [-0.15, -0.1) is 0 Å². The van der Waals surface area contributed by atoms with E-state index in [1.165, 1.54) is 0 Å². The molecule has 0 radical (unpaired) electrons. The number of aliphatic hydroxyl groups is 1. The lowest BCUT2D eigenvalue weighted by Crippen LogP contribution is -2.39. The van der Waals surface area contributed by atoms with Crippen LogP contribution >= 0.6 is 0 Å². The van der Waals surface area contributed by atoms with Crippen molar-refractivity contribution in [3.05, 3.63) is 48.5 Å². The molecule has 0 unspecified atom stereocenters. The van der Waals surface area contributed by atoms with Crippen molar-refractivity contribution in [2.75, 3.05) is 20.2 Å². The maximum absolute atomic E-state index is 11.7. The van der Waals surface area contributed by atoms with Crippen molar-refractivity contribution in [2.24, 2.45) is 0 Å². The molecule has 0 saturated carbocycles. The first-order chi connectivity index (χ1) is 10.7. The second-order valence-electron chi connectivity index (χ2n) is 4.70. The third-order valence-electron chi connectivity index (χ3n) is 3.17. The van der Waals surface area contributed by atoms with Gasteiger partial charge in [0.25, 0.3) is 0 Å². The lowest BCUT2D eigenvalue weighted by atomic mass is 10.1. The minimum atomic E-state index is -0.824. The number of para-hydroxylation sites is 1. The lowest BCUT2D eigenvalue weighted by Gasteiger charge is -2.15. The van der Waals surface area contributed by atoms with E-state index in [0.717, 1.165) is 0 Å². The highest BCUT2D eigenvalue weighted by Gasteiger charge is 2.13. The monoisotopic (exact) mass is 304 g/mol. The first-order valence-corrected chi connectivity index (χ1v) is 6.99. The number of aromatic nitrogens is 2. The molecule has 3 N–H and O–H groups in total. The maximum Gasteiger partial charge on any atom is 0.314 e. The largest absolute Gasteiger partial charge is 0.496 e. The number of amides is 2. The Bertz CT molecular complexity index is 586. The SMILES string of the molecule is COc1ccccc1[C@@H](O)CNC(=O)NCCn1ccnc1. The molecule has 7 nitrogen and oxygen atoms in total. The molecule has 2 rings (SSSR count). The van der Waals surface area contributed by atoms with E-state index in [9.17, 15) is 9.90 Å². The van der Waals surface area contributed by atoms with E-state index in [2.05, 4.69) is 15.6 Å².